The van der Waals surface area contributed by atoms with Gasteiger partial charge >= 0.3 is 0 Å². The molecule has 0 amide bonds. The lowest BCUT2D eigenvalue weighted by molar-refractivity contribution is 0.416. The van der Waals surface area contributed by atoms with Gasteiger partial charge in [0.25, 0.3) is 0 Å². The molecule has 0 fully saturated rings. The topological polar surface area (TPSA) is 35.2 Å². The molecule has 0 aliphatic carbocycles. The molecule has 0 aliphatic heterocycles. The molecule has 2 unspecified atom stereocenters. The SMILES string of the molecule is CO[Si](C)(P)CCCN. The Hall–Kier alpha value is 0.567. The van der Waals surface area contributed by atoms with Crippen LogP contribution in [0.2, 0.25) is 12.6 Å². The van der Waals surface area contributed by atoms with E-state index < -0.39 is 7.98 Å². The fourth-order valence-corrected chi connectivity index (χ4v) is 2.28. The van der Waals surface area contributed by atoms with Crippen LogP contribution in [0.3, 0.4) is 0 Å². The summed E-state index contributed by atoms with van der Waals surface area (Å²) in [5.41, 5.74) is 5.35. The maximum atomic E-state index is 5.35. The summed E-state index contributed by atoms with van der Waals surface area (Å²) in [5.74, 6) is 0. The highest BCUT2D eigenvalue weighted by Crippen LogP contribution is 2.19. The number of hydrogen-bond acceptors (Lipinski definition) is 2. The molecular formula is C5H16NOPSi. The van der Waals surface area contributed by atoms with E-state index in [1.165, 1.54) is 0 Å². The fraction of sp³-hybridized carbons (Fsp3) is 1.00. The Kier molecular flexibility index (Phi) is 4.67. The predicted octanol–water partition coefficient (Wildman–Crippen LogP) is 0.929. The molecule has 4 heteroatoms. The third-order valence-electron chi connectivity index (χ3n) is 1.34. The van der Waals surface area contributed by atoms with Crippen LogP contribution in [-0.4, -0.2) is 21.6 Å². The first-order valence-corrected chi connectivity index (χ1v) is 7.59. The van der Waals surface area contributed by atoms with Crippen molar-refractivity contribution in [1.82, 2.24) is 0 Å². The molecular weight excluding hydrogens is 149 g/mol. The van der Waals surface area contributed by atoms with Crippen LogP contribution in [0.1, 0.15) is 6.42 Å². The zero-order valence-electron chi connectivity index (χ0n) is 6.18. The molecule has 0 aromatic rings. The summed E-state index contributed by atoms with van der Waals surface area (Å²) in [4.78, 5) is 0. The summed E-state index contributed by atoms with van der Waals surface area (Å²) in [6.07, 6.45) is 1.08. The molecule has 0 rings (SSSR count). The van der Waals surface area contributed by atoms with Crippen molar-refractivity contribution in [2.45, 2.75) is 19.0 Å². The van der Waals surface area contributed by atoms with Crippen molar-refractivity contribution >= 4 is 16.8 Å². The smallest absolute Gasteiger partial charge is 0.208 e. The molecule has 0 aromatic carbocycles. The van der Waals surface area contributed by atoms with Crippen LogP contribution in [0.25, 0.3) is 0 Å². The minimum Gasteiger partial charge on any atom is -0.417 e. The van der Waals surface area contributed by atoms with E-state index in [1.54, 1.807) is 7.11 Å². The zero-order chi connectivity index (χ0) is 7.33. The molecule has 0 aromatic heterocycles. The summed E-state index contributed by atoms with van der Waals surface area (Å²) in [5, 5.41) is 0. The minimum atomic E-state index is -1.36. The molecule has 56 valence electrons. The van der Waals surface area contributed by atoms with Crippen molar-refractivity contribution in [1.29, 1.82) is 0 Å². The Morgan fingerprint density at radius 2 is 2.22 bits per heavy atom. The number of nitrogens with two attached hydrogens (primary N) is 1. The van der Waals surface area contributed by atoms with Gasteiger partial charge in [-0.15, -0.1) is 8.79 Å². The highest BCUT2D eigenvalue weighted by molar-refractivity contribution is 7.67. The van der Waals surface area contributed by atoms with Crippen LogP contribution in [0, 0.1) is 0 Å². The third-order valence-corrected chi connectivity index (χ3v) is 5.20. The Morgan fingerprint density at radius 1 is 1.67 bits per heavy atom. The van der Waals surface area contributed by atoms with E-state index in [0.29, 0.717) is 0 Å². The maximum absolute atomic E-state index is 5.35. The Morgan fingerprint density at radius 3 is 2.56 bits per heavy atom. The van der Waals surface area contributed by atoms with Gasteiger partial charge in [-0.2, -0.15) is 0 Å². The Balaban J connectivity index is 3.33. The fourth-order valence-electron chi connectivity index (χ4n) is 0.555. The maximum Gasteiger partial charge on any atom is 0.208 e. The molecule has 2 atom stereocenters. The van der Waals surface area contributed by atoms with Crippen molar-refractivity contribution in [3.8, 4) is 0 Å². The van der Waals surface area contributed by atoms with E-state index >= 15 is 0 Å². The first-order chi connectivity index (χ1) is 4.12. The monoisotopic (exact) mass is 165 g/mol. The lowest BCUT2D eigenvalue weighted by Crippen LogP contribution is -2.25. The summed E-state index contributed by atoms with van der Waals surface area (Å²) >= 11 is 0. The molecule has 0 spiro atoms. The van der Waals surface area contributed by atoms with Crippen molar-refractivity contribution in [2.75, 3.05) is 13.7 Å². The predicted molar refractivity (Wildman–Crippen MR) is 46.8 cm³/mol. The van der Waals surface area contributed by atoms with E-state index in [4.69, 9.17) is 10.2 Å². The highest BCUT2D eigenvalue weighted by atomic mass is 31.3. The van der Waals surface area contributed by atoms with Gasteiger partial charge in [0.1, 0.15) is 0 Å². The van der Waals surface area contributed by atoms with Crippen molar-refractivity contribution in [3.63, 3.8) is 0 Å². The van der Waals surface area contributed by atoms with Gasteiger partial charge in [-0.05, 0) is 25.6 Å². The second-order valence-corrected chi connectivity index (χ2v) is 9.61. The number of hydrogen-bond donors (Lipinski definition) is 1. The Labute approximate surface area is 60.3 Å². The van der Waals surface area contributed by atoms with Gasteiger partial charge in [-0.25, -0.2) is 0 Å². The van der Waals surface area contributed by atoms with Crippen molar-refractivity contribution in [3.05, 3.63) is 0 Å². The minimum absolute atomic E-state index is 0.778. The van der Waals surface area contributed by atoms with E-state index in [-0.39, 0.29) is 0 Å². The van der Waals surface area contributed by atoms with Crippen molar-refractivity contribution < 1.29 is 4.43 Å². The average Bonchev–Trinajstić information content (AvgIpc) is 1.84. The molecule has 0 saturated carbocycles. The average molecular weight is 165 g/mol. The van der Waals surface area contributed by atoms with Gasteiger partial charge in [0.15, 0.2) is 0 Å². The summed E-state index contributed by atoms with van der Waals surface area (Å²) < 4.78 is 5.29. The summed E-state index contributed by atoms with van der Waals surface area (Å²) in [6, 6.07) is 1.14. The second kappa shape index (κ2) is 4.39. The number of rotatable bonds is 4. The molecule has 0 bridgehead atoms. The summed E-state index contributed by atoms with van der Waals surface area (Å²) in [6.45, 7) is 2.95. The van der Waals surface area contributed by atoms with Gasteiger partial charge < -0.3 is 10.2 Å². The molecule has 9 heavy (non-hydrogen) atoms. The second-order valence-electron chi connectivity index (χ2n) is 2.41. The molecule has 0 saturated heterocycles. The van der Waals surface area contributed by atoms with Crippen LogP contribution < -0.4 is 5.73 Å². The van der Waals surface area contributed by atoms with E-state index in [0.717, 1.165) is 19.0 Å². The van der Waals surface area contributed by atoms with Gasteiger partial charge in [0.2, 0.25) is 7.98 Å². The lowest BCUT2D eigenvalue weighted by atomic mass is 10.5. The Bertz CT molecular complexity index is 79.4. The molecule has 2 nitrogen and oxygen atoms in total. The largest absolute Gasteiger partial charge is 0.417 e. The normalized spacial score (nSPS) is 17.3. The van der Waals surface area contributed by atoms with Crippen LogP contribution in [-0.2, 0) is 4.43 Å². The van der Waals surface area contributed by atoms with Gasteiger partial charge in [0, 0.05) is 7.11 Å². The van der Waals surface area contributed by atoms with Gasteiger partial charge in [-0.1, -0.05) is 0 Å². The van der Waals surface area contributed by atoms with E-state index in [9.17, 15) is 0 Å². The van der Waals surface area contributed by atoms with Crippen LogP contribution in [0.15, 0.2) is 0 Å². The standard InChI is InChI=1S/C5H16NOPSi/c1-7-9(2,8)5-3-4-6/h3-6,8H2,1-2H3. The van der Waals surface area contributed by atoms with Crippen LogP contribution in [0.5, 0.6) is 0 Å². The summed E-state index contributed by atoms with van der Waals surface area (Å²) in [7, 11) is 3.21. The van der Waals surface area contributed by atoms with Gasteiger partial charge in [-0.3, -0.25) is 0 Å². The van der Waals surface area contributed by atoms with Gasteiger partial charge in [0.05, 0.1) is 0 Å². The first kappa shape index (κ1) is 9.57. The van der Waals surface area contributed by atoms with Crippen LogP contribution in [0.4, 0.5) is 0 Å². The molecule has 0 heterocycles. The van der Waals surface area contributed by atoms with Crippen molar-refractivity contribution in [2.24, 2.45) is 5.73 Å². The molecule has 0 aliphatic rings. The van der Waals surface area contributed by atoms with E-state index in [2.05, 4.69) is 15.3 Å². The first-order valence-electron chi connectivity index (χ1n) is 3.16. The van der Waals surface area contributed by atoms with Crippen LogP contribution >= 0.6 is 8.79 Å². The molecule has 2 N–H and O–H groups in total. The molecule has 0 radical (unpaired) electrons. The zero-order valence-corrected chi connectivity index (χ0v) is 8.34. The lowest BCUT2D eigenvalue weighted by Gasteiger charge is -2.18. The third kappa shape index (κ3) is 5.03. The highest BCUT2D eigenvalue weighted by Gasteiger charge is 2.19. The van der Waals surface area contributed by atoms with E-state index in [1.807, 2.05) is 0 Å². The quantitative estimate of drug-likeness (QED) is 0.497.